The van der Waals surface area contributed by atoms with E-state index in [9.17, 15) is 9.59 Å². The highest BCUT2D eigenvalue weighted by molar-refractivity contribution is 7.12. The fourth-order valence-electron chi connectivity index (χ4n) is 4.81. The van der Waals surface area contributed by atoms with Gasteiger partial charge in [-0.05, 0) is 56.4 Å². The van der Waals surface area contributed by atoms with Crippen LogP contribution in [-0.4, -0.2) is 42.8 Å². The number of thiophene rings is 1. The first-order valence-electron chi connectivity index (χ1n) is 12.2. The summed E-state index contributed by atoms with van der Waals surface area (Å²) in [7, 11) is 1.87. The number of amides is 1. The molecule has 0 saturated heterocycles. The van der Waals surface area contributed by atoms with Crippen molar-refractivity contribution in [1.82, 2.24) is 29.9 Å². The third kappa shape index (κ3) is 4.26. The molecule has 3 heterocycles. The molecule has 0 spiro atoms. The van der Waals surface area contributed by atoms with Crippen LogP contribution in [-0.2, 0) is 31.1 Å². The maximum absolute atomic E-state index is 13.3. The highest BCUT2D eigenvalue weighted by Gasteiger charge is 2.35. The van der Waals surface area contributed by atoms with Gasteiger partial charge in [-0.15, -0.1) is 21.5 Å². The normalized spacial score (nSPS) is 19.6. The van der Waals surface area contributed by atoms with Crippen LogP contribution in [0.3, 0.4) is 0 Å². The molecule has 34 heavy (non-hydrogen) atoms. The van der Waals surface area contributed by atoms with E-state index >= 15 is 0 Å². The first-order valence-corrected chi connectivity index (χ1v) is 13.0. The molecule has 3 aromatic heterocycles. The number of rotatable bonds is 9. The van der Waals surface area contributed by atoms with E-state index in [0.29, 0.717) is 18.3 Å². The van der Waals surface area contributed by atoms with Crippen LogP contribution in [0.1, 0.15) is 63.8 Å². The van der Waals surface area contributed by atoms with Crippen LogP contribution in [0.15, 0.2) is 18.6 Å². The van der Waals surface area contributed by atoms with Crippen molar-refractivity contribution in [2.24, 2.45) is 18.9 Å². The Balaban J connectivity index is 1.27. The topological polar surface area (TPSA) is 107 Å². The van der Waals surface area contributed by atoms with Crippen LogP contribution in [0.5, 0.6) is 0 Å². The molecule has 0 aliphatic heterocycles. The van der Waals surface area contributed by atoms with Gasteiger partial charge in [-0.25, -0.2) is 0 Å². The quantitative estimate of drug-likeness (QED) is 0.488. The Labute approximate surface area is 201 Å². The van der Waals surface area contributed by atoms with Gasteiger partial charge in [-0.2, -0.15) is 5.10 Å². The van der Waals surface area contributed by atoms with E-state index in [0.717, 1.165) is 60.5 Å². The molecule has 0 bridgehead atoms. The third-order valence-electron chi connectivity index (χ3n) is 7.18. The van der Waals surface area contributed by atoms with E-state index in [1.807, 2.05) is 13.1 Å². The fourth-order valence-corrected chi connectivity index (χ4v) is 6.17. The lowest BCUT2D eigenvalue weighted by atomic mass is 9.90. The summed E-state index contributed by atoms with van der Waals surface area (Å²) in [6, 6.07) is 2.03. The molecule has 178 valence electrons. The molecule has 6 rings (SSSR count). The van der Waals surface area contributed by atoms with Gasteiger partial charge in [0.1, 0.15) is 17.9 Å². The Bertz CT molecular complexity index is 1230. The minimum atomic E-state index is -0.0133. The lowest BCUT2D eigenvalue weighted by Gasteiger charge is -2.25. The number of nitrogens with one attached hydrogen (secondary N) is 2. The predicted molar refractivity (Wildman–Crippen MR) is 128 cm³/mol. The Kier molecular flexibility index (Phi) is 5.47. The summed E-state index contributed by atoms with van der Waals surface area (Å²) >= 11 is 1.67. The number of ketones is 1. The Morgan fingerprint density at radius 2 is 2.06 bits per heavy atom. The van der Waals surface area contributed by atoms with Gasteiger partial charge < -0.3 is 10.6 Å². The van der Waals surface area contributed by atoms with Crippen LogP contribution >= 0.6 is 11.3 Å². The van der Waals surface area contributed by atoms with Crippen molar-refractivity contribution in [1.29, 1.82) is 0 Å². The minimum Gasteiger partial charge on any atom is -0.352 e. The molecule has 10 heteroatoms. The first kappa shape index (κ1) is 21.5. The number of carbonyl (C=O) groups excluding carboxylic acids is 2. The van der Waals surface area contributed by atoms with Crippen molar-refractivity contribution in [3.63, 3.8) is 0 Å². The Hall–Kier alpha value is -3.01. The monoisotopic (exact) mass is 479 g/mol. The molecule has 9 nitrogen and oxygen atoms in total. The van der Waals surface area contributed by atoms with Gasteiger partial charge in [-0.1, -0.05) is 0 Å². The summed E-state index contributed by atoms with van der Waals surface area (Å²) in [5.41, 5.74) is 1.86. The number of aryl methyl sites for hydroxylation is 2. The van der Waals surface area contributed by atoms with Crippen LogP contribution in [0.2, 0.25) is 0 Å². The van der Waals surface area contributed by atoms with Crippen molar-refractivity contribution in [3.8, 4) is 0 Å². The van der Waals surface area contributed by atoms with Gasteiger partial charge in [0, 0.05) is 47.8 Å². The number of nitrogens with zero attached hydrogens (tertiary/aromatic N) is 5. The predicted octanol–water partition coefficient (Wildman–Crippen LogP) is 3.21. The van der Waals surface area contributed by atoms with E-state index in [1.54, 1.807) is 28.5 Å². The van der Waals surface area contributed by atoms with Crippen molar-refractivity contribution in [2.45, 2.75) is 57.4 Å². The summed E-state index contributed by atoms with van der Waals surface area (Å²) in [6.45, 7) is 0.729. The maximum atomic E-state index is 13.3. The van der Waals surface area contributed by atoms with Gasteiger partial charge in [0.2, 0.25) is 5.95 Å². The Morgan fingerprint density at radius 1 is 1.21 bits per heavy atom. The second kappa shape index (κ2) is 8.65. The minimum absolute atomic E-state index is 0.0133. The van der Waals surface area contributed by atoms with Crippen LogP contribution < -0.4 is 10.6 Å². The number of aromatic nitrogens is 5. The van der Waals surface area contributed by atoms with Gasteiger partial charge >= 0.3 is 0 Å². The van der Waals surface area contributed by atoms with Crippen molar-refractivity contribution >= 4 is 34.8 Å². The number of Topliss-reactive ketones (excluding diaryl/α,β-unsaturated/α-hetero) is 1. The summed E-state index contributed by atoms with van der Waals surface area (Å²) < 4.78 is 3.82. The van der Waals surface area contributed by atoms with Gasteiger partial charge in [0.05, 0.1) is 11.8 Å². The van der Waals surface area contributed by atoms with E-state index in [2.05, 4.69) is 30.5 Å². The van der Waals surface area contributed by atoms with Crippen LogP contribution in [0.4, 0.5) is 11.8 Å². The molecule has 0 radical (unpaired) electrons. The molecule has 0 aromatic carbocycles. The van der Waals surface area contributed by atoms with E-state index in [1.165, 1.54) is 17.7 Å². The van der Waals surface area contributed by atoms with Gasteiger partial charge in [0.15, 0.2) is 0 Å². The number of carbonyl (C=O) groups is 2. The molecule has 3 aliphatic carbocycles. The highest BCUT2D eigenvalue weighted by atomic mass is 32.1. The molecule has 2 N–H and O–H groups in total. The number of fused-ring (bicyclic) bond motifs is 1. The lowest BCUT2D eigenvalue weighted by Crippen LogP contribution is -2.28. The SMILES string of the molecule is Cn1nccc1Nc1nncn1[C@H]1CCc2sc(CC(=O)C3CC3)c(C(=O)NCC3CC3)c2C1. The van der Waals surface area contributed by atoms with E-state index in [4.69, 9.17) is 0 Å². The molecule has 2 saturated carbocycles. The van der Waals surface area contributed by atoms with Crippen LogP contribution in [0.25, 0.3) is 0 Å². The van der Waals surface area contributed by atoms with Crippen molar-refractivity contribution in [3.05, 3.63) is 39.5 Å². The van der Waals surface area contributed by atoms with Crippen LogP contribution in [0, 0.1) is 11.8 Å². The molecule has 0 unspecified atom stereocenters. The number of anilines is 2. The summed E-state index contributed by atoms with van der Waals surface area (Å²) in [5, 5.41) is 19.1. The average molecular weight is 480 g/mol. The summed E-state index contributed by atoms with van der Waals surface area (Å²) in [5.74, 6) is 2.58. The van der Waals surface area contributed by atoms with Crippen molar-refractivity contribution < 1.29 is 9.59 Å². The standard InChI is InChI=1S/C24H29N7O2S/c1-30-21(8-9-27-30)28-24-29-26-13-31(24)16-6-7-19-17(10-16)22(23(33)25-12-14-2-3-14)20(34-19)11-18(32)15-4-5-15/h8-9,13-16H,2-7,10-12H2,1H3,(H,25,33)(H,28,29)/t16-/m0/s1. The number of hydrogen-bond acceptors (Lipinski definition) is 7. The summed E-state index contributed by atoms with van der Waals surface area (Å²) in [6.07, 6.45) is 10.8. The molecule has 3 aromatic rings. The Morgan fingerprint density at radius 3 is 2.79 bits per heavy atom. The van der Waals surface area contributed by atoms with Crippen molar-refractivity contribution in [2.75, 3.05) is 11.9 Å². The summed E-state index contributed by atoms with van der Waals surface area (Å²) in [4.78, 5) is 28.2. The fraction of sp³-hybridized carbons (Fsp3) is 0.542. The first-order chi connectivity index (χ1) is 16.6. The largest absolute Gasteiger partial charge is 0.352 e. The molecular formula is C24H29N7O2S. The van der Waals surface area contributed by atoms with E-state index in [-0.39, 0.29) is 23.7 Å². The smallest absolute Gasteiger partial charge is 0.252 e. The third-order valence-corrected chi connectivity index (χ3v) is 8.47. The number of hydrogen-bond donors (Lipinski definition) is 2. The molecule has 1 amide bonds. The second-order valence-electron chi connectivity index (χ2n) is 9.80. The lowest BCUT2D eigenvalue weighted by molar-refractivity contribution is -0.119. The molecule has 3 aliphatic rings. The zero-order chi connectivity index (χ0) is 23.2. The molecular weight excluding hydrogens is 450 g/mol. The van der Waals surface area contributed by atoms with Gasteiger partial charge in [0.25, 0.3) is 5.91 Å². The van der Waals surface area contributed by atoms with Gasteiger partial charge in [-0.3, -0.25) is 18.8 Å². The second-order valence-corrected chi connectivity index (χ2v) is 11.0. The molecule has 1 atom stereocenters. The highest BCUT2D eigenvalue weighted by Crippen LogP contribution is 2.41. The molecule has 2 fully saturated rings. The zero-order valence-electron chi connectivity index (χ0n) is 19.3. The van der Waals surface area contributed by atoms with E-state index < -0.39 is 0 Å². The average Bonchev–Trinajstić information content (AvgIpc) is 3.73. The maximum Gasteiger partial charge on any atom is 0.252 e. The zero-order valence-corrected chi connectivity index (χ0v) is 20.1.